The van der Waals surface area contributed by atoms with E-state index >= 15 is 0 Å². The molecule has 0 saturated heterocycles. The standard InChI is InChI=1S/C18H20/c1-5-8-12-16(7-3)18(15(4)6-2)17-13-10-9-11-14-17/h5-14,18H,2-4H2,1H3/b8-5-,16-12+. The van der Waals surface area contributed by atoms with E-state index in [9.17, 15) is 0 Å². The van der Waals surface area contributed by atoms with Gasteiger partial charge in [0.25, 0.3) is 0 Å². The van der Waals surface area contributed by atoms with Gasteiger partial charge in [-0.2, -0.15) is 0 Å². The van der Waals surface area contributed by atoms with Gasteiger partial charge in [0.1, 0.15) is 0 Å². The fraction of sp³-hybridized carbons (Fsp3) is 0.111. The van der Waals surface area contributed by atoms with Crippen LogP contribution in [0.15, 0.2) is 91.6 Å². The minimum atomic E-state index is 0.123. The molecule has 1 atom stereocenters. The van der Waals surface area contributed by atoms with Crippen molar-refractivity contribution in [3.8, 4) is 0 Å². The molecule has 0 aromatic heterocycles. The Morgan fingerprint density at radius 2 is 1.78 bits per heavy atom. The summed E-state index contributed by atoms with van der Waals surface area (Å²) in [6, 6.07) is 10.3. The summed E-state index contributed by atoms with van der Waals surface area (Å²) in [5.74, 6) is 0.123. The van der Waals surface area contributed by atoms with E-state index in [-0.39, 0.29) is 5.92 Å². The van der Waals surface area contributed by atoms with Gasteiger partial charge in [-0.1, -0.05) is 80.4 Å². The average molecular weight is 236 g/mol. The van der Waals surface area contributed by atoms with Gasteiger partial charge in [-0.05, 0) is 23.6 Å². The molecule has 0 N–H and O–H groups in total. The minimum Gasteiger partial charge on any atom is -0.0988 e. The first kappa shape index (κ1) is 14.0. The van der Waals surface area contributed by atoms with Gasteiger partial charge in [-0.25, -0.2) is 0 Å². The van der Waals surface area contributed by atoms with Crippen molar-refractivity contribution < 1.29 is 0 Å². The molecule has 0 aliphatic rings. The Kier molecular flexibility index (Phi) is 5.66. The summed E-state index contributed by atoms with van der Waals surface area (Å²) >= 11 is 0. The molecular weight excluding hydrogens is 216 g/mol. The van der Waals surface area contributed by atoms with Gasteiger partial charge in [0.2, 0.25) is 0 Å². The van der Waals surface area contributed by atoms with Gasteiger partial charge in [0, 0.05) is 5.92 Å². The van der Waals surface area contributed by atoms with Crippen LogP contribution in [-0.2, 0) is 0 Å². The molecular formula is C18H20. The van der Waals surface area contributed by atoms with E-state index in [2.05, 4.69) is 37.9 Å². The Labute approximate surface area is 110 Å². The Balaban J connectivity index is 3.25. The van der Waals surface area contributed by atoms with Crippen LogP contribution in [0.4, 0.5) is 0 Å². The molecule has 1 aromatic carbocycles. The van der Waals surface area contributed by atoms with Crippen molar-refractivity contribution in [2.45, 2.75) is 12.8 Å². The summed E-state index contributed by atoms with van der Waals surface area (Å²) in [5, 5.41) is 0. The second-order valence-corrected chi connectivity index (χ2v) is 4.02. The molecule has 0 heteroatoms. The SMILES string of the molecule is C=CC(=C)C(/C(C=C)=C/C=C\C)c1ccccc1. The zero-order valence-corrected chi connectivity index (χ0v) is 11.0. The van der Waals surface area contributed by atoms with E-state index in [1.165, 1.54) is 5.56 Å². The molecule has 0 saturated carbocycles. The third-order valence-electron chi connectivity index (χ3n) is 2.82. The van der Waals surface area contributed by atoms with Crippen molar-refractivity contribution in [3.63, 3.8) is 0 Å². The summed E-state index contributed by atoms with van der Waals surface area (Å²) in [5.41, 5.74) is 3.32. The quantitative estimate of drug-likeness (QED) is 0.595. The molecule has 0 fully saturated rings. The first-order chi connectivity index (χ1) is 8.74. The molecule has 0 heterocycles. The third-order valence-corrected chi connectivity index (χ3v) is 2.82. The Morgan fingerprint density at radius 3 is 2.28 bits per heavy atom. The molecule has 92 valence electrons. The second kappa shape index (κ2) is 7.29. The number of benzene rings is 1. The van der Waals surface area contributed by atoms with Crippen LogP contribution in [0.25, 0.3) is 0 Å². The van der Waals surface area contributed by atoms with Crippen molar-refractivity contribution in [1.82, 2.24) is 0 Å². The van der Waals surface area contributed by atoms with Gasteiger partial charge in [0.15, 0.2) is 0 Å². The predicted octanol–water partition coefficient (Wildman–Crippen LogP) is 5.20. The van der Waals surface area contributed by atoms with Crippen LogP contribution in [0.1, 0.15) is 18.4 Å². The molecule has 0 aliphatic heterocycles. The lowest BCUT2D eigenvalue weighted by Crippen LogP contribution is -2.02. The summed E-state index contributed by atoms with van der Waals surface area (Å²) in [6.07, 6.45) is 9.78. The number of allylic oxidation sites excluding steroid dienone is 7. The minimum absolute atomic E-state index is 0.123. The molecule has 0 nitrogen and oxygen atoms in total. The lowest BCUT2D eigenvalue weighted by atomic mass is 9.85. The Morgan fingerprint density at radius 1 is 1.11 bits per heavy atom. The Hall–Kier alpha value is -2.08. The van der Waals surface area contributed by atoms with E-state index in [1.54, 1.807) is 0 Å². The maximum atomic E-state index is 4.10. The van der Waals surface area contributed by atoms with Crippen LogP contribution in [0, 0.1) is 0 Å². The fourth-order valence-corrected chi connectivity index (χ4v) is 1.87. The van der Waals surface area contributed by atoms with Gasteiger partial charge >= 0.3 is 0 Å². The number of rotatable bonds is 6. The fourth-order valence-electron chi connectivity index (χ4n) is 1.87. The summed E-state index contributed by atoms with van der Waals surface area (Å²) < 4.78 is 0. The molecule has 18 heavy (non-hydrogen) atoms. The molecule has 0 amide bonds. The predicted molar refractivity (Wildman–Crippen MR) is 81.6 cm³/mol. The zero-order chi connectivity index (χ0) is 13.4. The van der Waals surface area contributed by atoms with Crippen LogP contribution in [-0.4, -0.2) is 0 Å². The largest absolute Gasteiger partial charge is 0.0988 e. The highest BCUT2D eigenvalue weighted by atomic mass is 14.2. The highest BCUT2D eigenvalue weighted by Crippen LogP contribution is 2.32. The molecule has 1 unspecified atom stereocenters. The maximum Gasteiger partial charge on any atom is 0.0333 e. The second-order valence-electron chi connectivity index (χ2n) is 4.02. The highest BCUT2D eigenvalue weighted by Gasteiger charge is 2.15. The van der Waals surface area contributed by atoms with E-state index in [4.69, 9.17) is 0 Å². The van der Waals surface area contributed by atoms with Gasteiger partial charge in [0.05, 0.1) is 0 Å². The first-order valence-electron chi connectivity index (χ1n) is 6.06. The molecule has 0 radical (unpaired) electrons. The van der Waals surface area contributed by atoms with Crippen LogP contribution in [0.3, 0.4) is 0 Å². The summed E-state index contributed by atoms with van der Waals surface area (Å²) in [7, 11) is 0. The van der Waals surface area contributed by atoms with Gasteiger partial charge in [-0.15, -0.1) is 0 Å². The lowest BCUT2D eigenvalue weighted by Gasteiger charge is -2.19. The lowest BCUT2D eigenvalue weighted by molar-refractivity contribution is 0.984. The highest BCUT2D eigenvalue weighted by molar-refractivity contribution is 5.46. The third kappa shape index (κ3) is 3.46. The van der Waals surface area contributed by atoms with Crippen LogP contribution >= 0.6 is 0 Å². The van der Waals surface area contributed by atoms with Crippen molar-refractivity contribution >= 4 is 0 Å². The average Bonchev–Trinajstić information content (AvgIpc) is 2.43. The summed E-state index contributed by atoms with van der Waals surface area (Å²) in [4.78, 5) is 0. The summed E-state index contributed by atoms with van der Waals surface area (Å²) in [6.45, 7) is 13.8. The van der Waals surface area contributed by atoms with Crippen LogP contribution < -0.4 is 0 Å². The zero-order valence-electron chi connectivity index (χ0n) is 11.0. The first-order valence-corrected chi connectivity index (χ1v) is 6.06. The van der Waals surface area contributed by atoms with E-state index < -0.39 is 0 Å². The smallest absolute Gasteiger partial charge is 0.0333 e. The van der Waals surface area contributed by atoms with Crippen molar-refractivity contribution in [3.05, 3.63) is 97.2 Å². The molecule has 0 aliphatic carbocycles. The van der Waals surface area contributed by atoms with E-state index in [1.807, 2.05) is 49.4 Å². The van der Waals surface area contributed by atoms with E-state index in [0.29, 0.717) is 0 Å². The van der Waals surface area contributed by atoms with Gasteiger partial charge in [-0.3, -0.25) is 0 Å². The van der Waals surface area contributed by atoms with Crippen LogP contribution in [0.5, 0.6) is 0 Å². The van der Waals surface area contributed by atoms with Crippen LogP contribution in [0.2, 0.25) is 0 Å². The normalized spacial score (nSPS) is 13.3. The number of hydrogen-bond acceptors (Lipinski definition) is 0. The van der Waals surface area contributed by atoms with E-state index in [0.717, 1.165) is 11.1 Å². The maximum absolute atomic E-state index is 4.10. The molecule has 0 bridgehead atoms. The van der Waals surface area contributed by atoms with Crippen molar-refractivity contribution in [2.75, 3.05) is 0 Å². The molecule has 1 aromatic rings. The number of hydrogen-bond donors (Lipinski definition) is 0. The topological polar surface area (TPSA) is 0 Å². The van der Waals surface area contributed by atoms with Crippen molar-refractivity contribution in [2.24, 2.45) is 0 Å². The Bertz CT molecular complexity index is 472. The van der Waals surface area contributed by atoms with Gasteiger partial charge < -0.3 is 0 Å². The molecule has 1 rings (SSSR count). The monoisotopic (exact) mass is 236 g/mol. The molecule has 0 spiro atoms. The van der Waals surface area contributed by atoms with Crippen molar-refractivity contribution in [1.29, 1.82) is 0 Å².